The highest BCUT2D eigenvalue weighted by Gasteiger charge is 2.27. The molecule has 1 aromatic heterocycles. The van der Waals surface area contributed by atoms with Gasteiger partial charge in [0.15, 0.2) is 0 Å². The fourth-order valence-electron chi connectivity index (χ4n) is 2.34. The fraction of sp³-hybridized carbons (Fsp3) is 0.667. The van der Waals surface area contributed by atoms with Crippen molar-refractivity contribution in [1.29, 1.82) is 0 Å². The Morgan fingerprint density at radius 1 is 1.52 bits per heavy atom. The van der Waals surface area contributed by atoms with E-state index in [4.69, 9.17) is 0 Å². The van der Waals surface area contributed by atoms with Crippen LogP contribution in [0.4, 0.5) is 4.79 Å². The summed E-state index contributed by atoms with van der Waals surface area (Å²) in [7, 11) is 0. The highest BCUT2D eigenvalue weighted by Crippen LogP contribution is 2.26. The van der Waals surface area contributed by atoms with Crippen LogP contribution < -0.4 is 10.6 Å². The van der Waals surface area contributed by atoms with Crippen molar-refractivity contribution in [2.24, 2.45) is 0 Å². The normalized spacial score (nSPS) is 17.5. The molecule has 21 heavy (non-hydrogen) atoms. The van der Waals surface area contributed by atoms with Gasteiger partial charge in [-0.25, -0.2) is 4.79 Å². The Morgan fingerprint density at radius 2 is 2.29 bits per heavy atom. The third kappa shape index (κ3) is 4.98. The third-order valence-electron chi connectivity index (χ3n) is 3.80. The molecule has 3 N–H and O–H groups in total. The summed E-state index contributed by atoms with van der Waals surface area (Å²) in [5.41, 5.74) is -1.02. The summed E-state index contributed by atoms with van der Waals surface area (Å²) in [5, 5.41) is 17.8. The molecule has 0 saturated heterocycles. The molecule has 1 saturated carbocycles. The van der Waals surface area contributed by atoms with E-state index >= 15 is 0 Å². The van der Waals surface area contributed by atoms with Crippen LogP contribution in [0, 0.1) is 0 Å². The second kappa shape index (κ2) is 7.24. The Bertz CT molecular complexity index is 444. The predicted molar refractivity (Wildman–Crippen MR) is 85.6 cm³/mol. The Balaban J connectivity index is 1.65. The largest absolute Gasteiger partial charge is 0.383 e. The standard InChI is InChI=1S/C15H25N3O2S/c1-3-18(12-6-7-12)9-8-16-14(19)17-11-15(2,20)13-5-4-10-21-13/h4-5,10,12,20H,3,6-9,11H2,1-2H3,(H2,16,17,19). The van der Waals surface area contributed by atoms with Gasteiger partial charge in [-0.1, -0.05) is 13.0 Å². The first-order valence-corrected chi connectivity index (χ1v) is 8.43. The summed E-state index contributed by atoms with van der Waals surface area (Å²) in [5.74, 6) is 0. The van der Waals surface area contributed by atoms with Crippen LogP contribution in [0.25, 0.3) is 0 Å². The van der Waals surface area contributed by atoms with Crippen molar-refractivity contribution in [3.05, 3.63) is 22.4 Å². The van der Waals surface area contributed by atoms with Crippen LogP contribution in [0.1, 0.15) is 31.6 Å². The van der Waals surface area contributed by atoms with Crippen LogP contribution >= 0.6 is 11.3 Å². The highest BCUT2D eigenvalue weighted by molar-refractivity contribution is 7.10. The first-order valence-electron chi connectivity index (χ1n) is 7.55. The molecule has 5 nitrogen and oxygen atoms in total. The second-order valence-corrected chi connectivity index (χ2v) is 6.67. The molecular weight excluding hydrogens is 286 g/mol. The molecule has 118 valence electrons. The van der Waals surface area contributed by atoms with Gasteiger partial charge in [-0.2, -0.15) is 0 Å². The van der Waals surface area contributed by atoms with Gasteiger partial charge in [0.1, 0.15) is 5.60 Å². The molecule has 1 aliphatic rings. The Morgan fingerprint density at radius 3 is 2.86 bits per heavy atom. The van der Waals surface area contributed by atoms with E-state index in [2.05, 4.69) is 22.5 Å². The van der Waals surface area contributed by atoms with E-state index in [1.165, 1.54) is 24.2 Å². The number of nitrogens with zero attached hydrogens (tertiary/aromatic N) is 1. The van der Waals surface area contributed by atoms with Crippen molar-refractivity contribution in [3.63, 3.8) is 0 Å². The topological polar surface area (TPSA) is 64.6 Å². The number of urea groups is 1. The quantitative estimate of drug-likeness (QED) is 0.685. The van der Waals surface area contributed by atoms with E-state index in [1.54, 1.807) is 6.92 Å². The maximum absolute atomic E-state index is 11.8. The van der Waals surface area contributed by atoms with Crippen molar-refractivity contribution in [3.8, 4) is 0 Å². The van der Waals surface area contributed by atoms with Crippen LogP contribution in [0.15, 0.2) is 17.5 Å². The van der Waals surface area contributed by atoms with Gasteiger partial charge < -0.3 is 15.7 Å². The monoisotopic (exact) mass is 311 g/mol. The Labute approximate surface area is 130 Å². The SMILES string of the molecule is CCN(CCNC(=O)NCC(C)(O)c1cccs1)C1CC1. The number of hydrogen-bond acceptors (Lipinski definition) is 4. The average molecular weight is 311 g/mol. The van der Waals surface area contributed by atoms with Crippen molar-refractivity contribution in [2.75, 3.05) is 26.2 Å². The molecule has 1 aromatic rings. The molecule has 2 amide bonds. The molecule has 0 aromatic carbocycles. The lowest BCUT2D eigenvalue weighted by atomic mass is 10.1. The molecule has 1 fully saturated rings. The summed E-state index contributed by atoms with van der Waals surface area (Å²) in [6, 6.07) is 4.27. The summed E-state index contributed by atoms with van der Waals surface area (Å²) in [6.07, 6.45) is 2.56. The second-order valence-electron chi connectivity index (χ2n) is 5.72. The molecule has 0 bridgehead atoms. The zero-order chi connectivity index (χ0) is 15.3. The molecule has 1 unspecified atom stereocenters. The van der Waals surface area contributed by atoms with Gasteiger partial charge in [-0.15, -0.1) is 11.3 Å². The lowest BCUT2D eigenvalue weighted by molar-refractivity contribution is 0.0631. The smallest absolute Gasteiger partial charge is 0.314 e. The Kier molecular flexibility index (Phi) is 5.61. The summed E-state index contributed by atoms with van der Waals surface area (Å²) >= 11 is 1.49. The third-order valence-corrected chi connectivity index (χ3v) is 4.92. The summed E-state index contributed by atoms with van der Waals surface area (Å²) < 4.78 is 0. The number of rotatable bonds is 8. The van der Waals surface area contributed by atoms with E-state index in [1.807, 2.05) is 17.5 Å². The molecular formula is C15H25N3O2S. The maximum atomic E-state index is 11.8. The van der Waals surface area contributed by atoms with Crippen molar-refractivity contribution in [1.82, 2.24) is 15.5 Å². The molecule has 0 spiro atoms. The van der Waals surface area contributed by atoms with Crippen LogP contribution in [0.2, 0.25) is 0 Å². The molecule has 1 atom stereocenters. The number of hydrogen-bond donors (Lipinski definition) is 3. The number of carbonyl (C=O) groups excluding carboxylic acids is 1. The van der Waals surface area contributed by atoms with E-state index in [9.17, 15) is 9.90 Å². The van der Waals surface area contributed by atoms with E-state index in [0.29, 0.717) is 6.54 Å². The van der Waals surface area contributed by atoms with Crippen molar-refractivity contribution >= 4 is 17.4 Å². The zero-order valence-corrected chi connectivity index (χ0v) is 13.6. The predicted octanol–water partition coefficient (Wildman–Crippen LogP) is 1.74. The molecule has 1 heterocycles. The number of amides is 2. The van der Waals surface area contributed by atoms with Crippen LogP contribution in [-0.4, -0.2) is 48.3 Å². The molecule has 0 radical (unpaired) electrons. The number of aliphatic hydroxyl groups is 1. The van der Waals surface area contributed by atoms with Crippen molar-refractivity contribution < 1.29 is 9.90 Å². The number of thiophene rings is 1. The van der Waals surface area contributed by atoms with Gasteiger partial charge in [0.05, 0.1) is 6.54 Å². The van der Waals surface area contributed by atoms with Crippen LogP contribution in [-0.2, 0) is 5.60 Å². The van der Waals surface area contributed by atoms with E-state index < -0.39 is 5.60 Å². The van der Waals surface area contributed by atoms with Crippen molar-refractivity contribution in [2.45, 2.75) is 38.3 Å². The van der Waals surface area contributed by atoms with Gasteiger partial charge in [0, 0.05) is 24.0 Å². The zero-order valence-electron chi connectivity index (χ0n) is 12.8. The number of carbonyl (C=O) groups is 1. The highest BCUT2D eigenvalue weighted by atomic mass is 32.1. The molecule has 1 aliphatic carbocycles. The van der Waals surface area contributed by atoms with Gasteiger partial charge in [-0.3, -0.25) is 4.90 Å². The van der Waals surface area contributed by atoms with Gasteiger partial charge in [0.25, 0.3) is 0 Å². The molecule has 0 aliphatic heterocycles. The number of likely N-dealkylation sites (N-methyl/N-ethyl adjacent to an activating group) is 1. The Hall–Kier alpha value is -1.11. The van der Waals surface area contributed by atoms with Crippen LogP contribution in [0.5, 0.6) is 0 Å². The summed E-state index contributed by atoms with van der Waals surface area (Å²) in [4.78, 5) is 15.0. The minimum atomic E-state index is -1.02. The van der Waals surface area contributed by atoms with E-state index in [0.717, 1.165) is 24.0 Å². The number of nitrogens with one attached hydrogen (secondary N) is 2. The lowest BCUT2D eigenvalue weighted by Gasteiger charge is -2.23. The first-order chi connectivity index (χ1) is 10.0. The minimum Gasteiger partial charge on any atom is -0.383 e. The van der Waals surface area contributed by atoms with E-state index in [-0.39, 0.29) is 12.6 Å². The minimum absolute atomic E-state index is 0.208. The first kappa shape index (κ1) is 16.3. The van der Waals surface area contributed by atoms with Gasteiger partial charge in [0.2, 0.25) is 0 Å². The average Bonchev–Trinajstić information content (AvgIpc) is 3.13. The van der Waals surface area contributed by atoms with Gasteiger partial charge >= 0.3 is 6.03 Å². The molecule has 6 heteroatoms. The fourth-order valence-corrected chi connectivity index (χ4v) is 3.13. The maximum Gasteiger partial charge on any atom is 0.314 e. The van der Waals surface area contributed by atoms with Crippen LogP contribution in [0.3, 0.4) is 0 Å². The molecule has 2 rings (SSSR count). The summed E-state index contributed by atoms with van der Waals surface area (Å²) in [6.45, 7) is 6.62. The van der Waals surface area contributed by atoms with Gasteiger partial charge in [-0.05, 0) is 37.8 Å². The lowest BCUT2D eigenvalue weighted by Crippen LogP contribution is -2.45.